The molecule has 1 aromatic rings. The highest BCUT2D eigenvalue weighted by molar-refractivity contribution is 7.03. The fourth-order valence-corrected chi connectivity index (χ4v) is 2.26. The lowest BCUT2D eigenvalue weighted by molar-refractivity contribution is -0.145. The molecule has 0 radical (unpaired) electrons. The molecule has 0 unspecified atom stereocenters. The largest absolute Gasteiger partial charge is 0.480 e. The molecule has 1 N–H and O–H groups in total. The maximum Gasteiger partial charge on any atom is 0.329 e. The highest BCUT2D eigenvalue weighted by Crippen LogP contribution is 2.15. The summed E-state index contributed by atoms with van der Waals surface area (Å²) in [5.41, 5.74) is 0.366. The zero-order valence-electron chi connectivity index (χ0n) is 9.61. The van der Waals surface area contributed by atoms with Gasteiger partial charge in [0.25, 0.3) is 5.91 Å². The van der Waals surface area contributed by atoms with E-state index in [9.17, 15) is 9.59 Å². The van der Waals surface area contributed by atoms with Crippen LogP contribution in [-0.2, 0) is 9.53 Å². The Hall–Kier alpha value is -1.54. The number of carboxylic acids is 1. The lowest BCUT2D eigenvalue weighted by Crippen LogP contribution is -2.41. The molecular formula is C10H13N3O4S. The number of carbonyl (C=O) groups excluding carboxylic acids is 1. The van der Waals surface area contributed by atoms with Gasteiger partial charge < -0.3 is 14.7 Å². The number of carboxylic acid groups (broad SMARTS) is 1. The summed E-state index contributed by atoms with van der Waals surface area (Å²) in [6.45, 7) is 0.829. The van der Waals surface area contributed by atoms with Crippen LogP contribution in [0.3, 0.4) is 0 Å². The number of hydrogen-bond acceptors (Lipinski definition) is 6. The molecule has 0 aromatic carbocycles. The Morgan fingerprint density at radius 1 is 1.50 bits per heavy atom. The monoisotopic (exact) mass is 271 g/mol. The van der Waals surface area contributed by atoms with Crippen molar-refractivity contribution in [2.75, 3.05) is 19.7 Å². The predicted octanol–water partition coefficient (Wildman–Crippen LogP) is 0.244. The van der Waals surface area contributed by atoms with Gasteiger partial charge in [-0.25, -0.2) is 4.79 Å². The van der Waals surface area contributed by atoms with Crippen LogP contribution in [0.2, 0.25) is 0 Å². The second-order valence-electron chi connectivity index (χ2n) is 3.99. The molecule has 1 aliphatic heterocycles. The van der Waals surface area contributed by atoms with Crippen molar-refractivity contribution in [2.24, 2.45) is 0 Å². The summed E-state index contributed by atoms with van der Waals surface area (Å²) in [6, 6.07) is 0. The van der Waals surface area contributed by atoms with E-state index in [1.807, 2.05) is 0 Å². The van der Waals surface area contributed by atoms with Crippen LogP contribution < -0.4 is 0 Å². The van der Waals surface area contributed by atoms with Crippen molar-refractivity contribution >= 4 is 23.4 Å². The number of aromatic nitrogens is 2. The summed E-state index contributed by atoms with van der Waals surface area (Å²) >= 11 is 1.15. The Morgan fingerprint density at radius 2 is 2.22 bits per heavy atom. The van der Waals surface area contributed by atoms with Gasteiger partial charge in [0.05, 0.1) is 6.10 Å². The van der Waals surface area contributed by atoms with E-state index in [1.165, 1.54) is 0 Å². The summed E-state index contributed by atoms with van der Waals surface area (Å²) in [7, 11) is 0. The Balaban J connectivity index is 1.80. The topological polar surface area (TPSA) is 92.6 Å². The number of rotatable bonds is 4. The summed E-state index contributed by atoms with van der Waals surface area (Å²) in [6.07, 6.45) is 1.21. The third-order valence-corrected chi connectivity index (χ3v) is 3.26. The molecule has 1 amide bonds. The van der Waals surface area contributed by atoms with Crippen molar-refractivity contribution in [3.8, 4) is 0 Å². The number of hydrogen-bond donors (Lipinski definition) is 1. The molecule has 0 aliphatic carbocycles. The van der Waals surface area contributed by atoms with Crippen LogP contribution in [0.25, 0.3) is 0 Å². The van der Waals surface area contributed by atoms with Crippen LogP contribution in [0, 0.1) is 0 Å². The molecule has 1 fully saturated rings. The summed E-state index contributed by atoms with van der Waals surface area (Å²) in [5, 5.41) is 13.9. The fraction of sp³-hybridized carbons (Fsp3) is 0.600. The molecular weight excluding hydrogens is 258 g/mol. The van der Waals surface area contributed by atoms with Crippen molar-refractivity contribution in [1.29, 1.82) is 0 Å². The molecule has 0 bridgehead atoms. The van der Waals surface area contributed by atoms with Crippen molar-refractivity contribution in [3.05, 3.63) is 11.1 Å². The quantitative estimate of drug-likeness (QED) is 0.843. The molecule has 2 heterocycles. The van der Waals surface area contributed by atoms with Gasteiger partial charge in [0.2, 0.25) is 0 Å². The second kappa shape index (κ2) is 5.87. The first-order valence-electron chi connectivity index (χ1n) is 5.56. The minimum absolute atomic E-state index is 0.0845. The number of aliphatic carboxylic acids is 1. The maximum absolute atomic E-state index is 11.9. The number of nitrogens with zero attached hydrogens (tertiary/aromatic N) is 3. The number of piperidine rings is 1. The second-order valence-corrected chi connectivity index (χ2v) is 4.60. The van der Waals surface area contributed by atoms with E-state index in [-0.39, 0.29) is 18.6 Å². The van der Waals surface area contributed by atoms with Gasteiger partial charge in [0.1, 0.15) is 6.61 Å². The first-order chi connectivity index (χ1) is 8.66. The molecule has 7 nitrogen and oxygen atoms in total. The molecule has 18 heavy (non-hydrogen) atoms. The highest BCUT2D eigenvalue weighted by Gasteiger charge is 2.25. The smallest absolute Gasteiger partial charge is 0.329 e. The minimum atomic E-state index is -0.970. The Morgan fingerprint density at radius 3 is 2.78 bits per heavy atom. The van der Waals surface area contributed by atoms with Gasteiger partial charge >= 0.3 is 5.97 Å². The normalized spacial score (nSPS) is 16.8. The van der Waals surface area contributed by atoms with Crippen LogP contribution in [0.15, 0.2) is 5.38 Å². The van der Waals surface area contributed by atoms with E-state index in [4.69, 9.17) is 9.84 Å². The standard InChI is InChI=1S/C10H13N3O4S/c14-9(15)5-17-7-1-3-13(4-2-7)10(16)8-6-18-12-11-8/h6-7H,1-5H2,(H,14,15). The van der Waals surface area contributed by atoms with Gasteiger partial charge in [-0.1, -0.05) is 4.49 Å². The van der Waals surface area contributed by atoms with Gasteiger partial charge in [-0.2, -0.15) is 0 Å². The fourth-order valence-electron chi connectivity index (χ4n) is 1.83. The zero-order chi connectivity index (χ0) is 13.0. The van der Waals surface area contributed by atoms with Gasteiger partial charge in [-0.3, -0.25) is 4.79 Å². The number of carbonyl (C=O) groups is 2. The summed E-state index contributed by atoms with van der Waals surface area (Å²) in [5.74, 6) is -1.09. The van der Waals surface area contributed by atoms with E-state index in [1.54, 1.807) is 10.3 Å². The van der Waals surface area contributed by atoms with Crippen LogP contribution >= 0.6 is 11.5 Å². The van der Waals surface area contributed by atoms with Crippen molar-refractivity contribution < 1.29 is 19.4 Å². The van der Waals surface area contributed by atoms with Gasteiger partial charge in [0.15, 0.2) is 5.69 Å². The molecule has 0 saturated carbocycles. The van der Waals surface area contributed by atoms with Crippen molar-refractivity contribution in [2.45, 2.75) is 18.9 Å². The summed E-state index contributed by atoms with van der Waals surface area (Å²) < 4.78 is 8.86. The van der Waals surface area contributed by atoms with Crippen molar-refractivity contribution in [3.63, 3.8) is 0 Å². The van der Waals surface area contributed by atoms with E-state index in [0.717, 1.165) is 11.5 Å². The first-order valence-corrected chi connectivity index (χ1v) is 6.40. The average Bonchev–Trinajstić information content (AvgIpc) is 2.90. The number of amides is 1. The summed E-state index contributed by atoms with van der Waals surface area (Å²) in [4.78, 5) is 24.0. The highest BCUT2D eigenvalue weighted by atomic mass is 32.1. The molecule has 1 saturated heterocycles. The SMILES string of the molecule is O=C(O)COC1CCN(C(=O)c2csnn2)CC1. The molecule has 0 spiro atoms. The Labute approximate surface area is 108 Å². The molecule has 1 aromatic heterocycles. The number of likely N-dealkylation sites (tertiary alicyclic amines) is 1. The van der Waals surface area contributed by atoms with Crippen molar-refractivity contribution in [1.82, 2.24) is 14.5 Å². The van der Waals surface area contributed by atoms with E-state index in [0.29, 0.717) is 31.6 Å². The maximum atomic E-state index is 11.9. The Bertz CT molecular complexity index is 415. The molecule has 98 valence electrons. The number of ether oxygens (including phenoxy) is 1. The molecule has 8 heteroatoms. The minimum Gasteiger partial charge on any atom is -0.480 e. The van der Waals surface area contributed by atoms with E-state index >= 15 is 0 Å². The van der Waals surface area contributed by atoms with Crippen LogP contribution in [0.4, 0.5) is 0 Å². The molecule has 1 aliphatic rings. The third kappa shape index (κ3) is 3.23. The lowest BCUT2D eigenvalue weighted by atomic mass is 10.1. The van der Waals surface area contributed by atoms with E-state index < -0.39 is 5.97 Å². The van der Waals surface area contributed by atoms with Gasteiger partial charge in [0, 0.05) is 18.5 Å². The Kier molecular flexibility index (Phi) is 4.21. The molecule has 0 atom stereocenters. The van der Waals surface area contributed by atoms with Crippen LogP contribution in [0.1, 0.15) is 23.3 Å². The first kappa shape index (κ1) is 12.9. The average molecular weight is 271 g/mol. The van der Waals surface area contributed by atoms with Gasteiger partial charge in [-0.15, -0.1) is 5.10 Å². The molecule has 2 rings (SSSR count). The van der Waals surface area contributed by atoms with Gasteiger partial charge in [-0.05, 0) is 24.4 Å². The van der Waals surface area contributed by atoms with Crippen LogP contribution in [0.5, 0.6) is 0 Å². The van der Waals surface area contributed by atoms with Crippen LogP contribution in [-0.4, -0.2) is 57.3 Å². The zero-order valence-corrected chi connectivity index (χ0v) is 10.4. The van der Waals surface area contributed by atoms with E-state index in [2.05, 4.69) is 9.59 Å². The third-order valence-electron chi connectivity index (χ3n) is 2.75. The lowest BCUT2D eigenvalue weighted by Gasteiger charge is -2.31. The predicted molar refractivity (Wildman–Crippen MR) is 62.4 cm³/mol.